The second-order valence-electron chi connectivity index (χ2n) is 3.74. The van der Waals surface area contributed by atoms with Gasteiger partial charge < -0.3 is 10.5 Å². The van der Waals surface area contributed by atoms with E-state index in [0.29, 0.717) is 6.54 Å². The van der Waals surface area contributed by atoms with Crippen molar-refractivity contribution in [2.75, 3.05) is 34.0 Å². The van der Waals surface area contributed by atoms with Crippen LogP contribution in [0.4, 0.5) is 4.39 Å². The second kappa shape index (κ2) is 9.50. The molecule has 0 saturated carbocycles. The zero-order valence-electron chi connectivity index (χ0n) is 9.23. The molecule has 0 spiro atoms. The van der Waals surface area contributed by atoms with Gasteiger partial charge in [-0.25, -0.2) is 0 Å². The Morgan fingerprint density at radius 3 is 2.27 bits per heavy atom. The molecule has 0 aromatic carbocycles. The number of quaternary nitrogens is 1. The van der Waals surface area contributed by atoms with E-state index in [1.165, 1.54) is 0 Å². The first-order valence-electron chi connectivity index (χ1n) is 4.19. The summed E-state index contributed by atoms with van der Waals surface area (Å²) < 4.78 is 17.2. The number of esters is 1. The third kappa shape index (κ3) is 10.6. The Labute approximate surface area is 111 Å². The predicted molar refractivity (Wildman–Crippen MR) is 68.2 cm³/mol. The molecule has 0 fully saturated rings. The zero-order chi connectivity index (χ0) is 10.5. The van der Waals surface area contributed by atoms with Gasteiger partial charge in [-0.2, -0.15) is 4.39 Å². The lowest BCUT2D eigenvalue weighted by Gasteiger charge is -2.25. The Balaban J connectivity index is -0.000000720. The quantitative estimate of drug-likeness (QED) is 0.456. The fourth-order valence-corrected chi connectivity index (χ4v) is 0.585. The lowest BCUT2D eigenvalue weighted by Crippen LogP contribution is -2.42. The van der Waals surface area contributed by atoms with Crippen molar-refractivity contribution in [3.8, 4) is 0 Å². The van der Waals surface area contributed by atoms with Crippen molar-refractivity contribution < 1.29 is 18.4 Å². The van der Waals surface area contributed by atoms with Crippen LogP contribution in [0.1, 0.15) is 6.92 Å². The second-order valence-corrected chi connectivity index (χ2v) is 3.74. The van der Waals surface area contributed by atoms with Crippen molar-refractivity contribution in [2.24, 2.45) is 5.73 Å². The van der Waals surface area contributed by atoms with Crippen LogP contribution in [0.15, 0.2) is 0 Å². The summed E-state index contributed by atoms with van der Waals surface area (Å²) >= 11 is 0. The van der Waals surface area contributed by atoms with Crippen molar-refractivity contribution in [3.05, 3.63) is 0 Å². The molecule has 2 N–H and O–H groups in total. The van der Waals surface area contributed by atoms with Gasteiger partial charge in [0.15, 0.2) is 0 Å². The molecule has 0 radical (unpaired) electrons. The number of alkyl halides is 1. The largest absolute Gasteiger partial charge is 0.459 e. The molecule has 0 saturated heterocycles. The van der Waals surface area contributed by atoms with Gasteiger partial charge in [-0.15, -0.1) is 34.0 Å². The van der Waals surface area contributed by atoms with E-state index in [1.807, 2.05) is 0 Å². The Kier molecular flexibility index (Phi) is 13.1. The van der Waals surface area contributed by atoms with Crippen LogP contribution in [0.25, 0.3) is 0 Å². The van der Waals surface area contributed by atoms with Gasteiger partial charge in [-0.3, -0.25) is 9.28 Å². The molecule has 0 aromatic rings. The molecular formula is C8H20Br2FN2O2+. The van der Waals surface area contributed by atoms with Crippen LogP contribution in [0, 0.1) is 0 Å². The third-order valence-electron chi connectivity index (χ3n) is 1.64. The summed E-state index contributed by atoms with van der Waals surface area (Å²) in [6.07, 6.45) is 0. The van der Waals surface area contributed by atoms with E-state index in [0.717, 1.165) is 0 Å². The number of carbonyl (C=O) groups is 1. The maximum Gasteiger partial charge on any atom is 0.322 e. The van der Waals surface area contributed by atoms with Gasteiger partial charge in [0.2, 0.25) is 6.80 Å². The zero-order valence-corrected chi connectivity index (χ0v) is 12.7. The summed E-state index contributed by atoms with van der Waals surface area (Å²) in [6.45, 7) is 1.74. The summed E-state index contributed by atoms with van der Waals surface area (Å²) in [5.74, 6) is -0.446. The average Bonchev–Trinajstić information content (AvgIpc) is 2.04. The average molecular weight is 355 g/mol. The molecule has 94 valence electrons. The van der Waals surface area contributed by atoms with Gasteiger partial charge in [0.25, 0.3) is 0 Å². The number of halogens is 3. The summed E-state index contributed by atoms with van der Waals surface area (Å²) in [6, 6.07) is -0.610. The minimum Gasteiger partial charge on any atom is -0.459 e. The van der Waals surface area contributed by atoms with E-state index in [1.54, 1.807) is 21.0 Å². The number of likely N-dealkylation sites (N-methyl/N-ethyl adjacent to an activating group) is 1. The van der Waals surface area contributed by atoms with E-state index in [-0.39, 0.29) is 45.1 Å². The molecule has 0 aliphatic heterocycles. The number of rotatable bonds is 5. The van der Waals surface area contributed by atoms with Crippen LogP contribution in [-0.2, 0) is 9.53 Å². The summed E-state index contributed by atoms with van der Waals surface area (Å²) in [4.78, 5) is 10.9. The van der Waals surface area contributed by atoms with E-state index in [9.17, 15) is 9.18 Å². The first-order valence-corrected chi connectivity index (χ1v) is 4.19. The van der Waals surface area contributed by atoms with Gasteiger partial charge in [-0.1, -0.05) is 0 Å². The molecule has 0 rings (SSSR count). The van der Waals surface area contributed by atoms with Gasteiger partial charge in [0.05, 0.1) is 14.1 Å². The molecular weight excluding hydrogens is 335 g/mol. The molecule has 0 aliphatic rings. The van der Waals surface area contributed by atoms with Crippen molar-refractivity contribution in [2.45, 2.75) is 13.0 Å². The van der Waals surface area contributed by atoms with Gasteiger partial charge in [-0.05, 0) is 6.92 Å². The van der Waals surface area contributed by atoms with E-state index >= 15 is 0 Å². The maximum atomic E-state index is 12.3. The number of carbonyl (C=O) groups excluding carboxylic acids is 1. The van der Waals surface area contributed by atoms with Crippen LogP contribution < -0.4 is 5.73 Å². The maximum absolute atomic E-state index is 12.3. The SMILES string of the molecule is Br.Br.CC(N)C(=O)OCC[N+](C)(C)CF. The highest BCUT2D eigenvalue weighted by Gasteiger charge is 2.15. The van der Waals surface area contributed by atoms with Crippen LogP contribution in [0.5, 0.6) is 0 Å². The molecule has 4 nitrogen and oxygen atoms in total. The van der Waals surface area contributed by atoms with Crippen molar-refractivity contribution >= 4 is 39.9 Å². The van der Waals surface area contributed by atoms with E-state index in [2.05, 4.69) is 0 Å². The van der Waals surface area contributed by atoms with Crippen LogP contribution in [0.3, 0.4) is 0 Å². The molecule has 0 amide bonds. The van der Waals surface area contributed by atoms with Crippen LogP contribution in [0.2, 0.25) is 0 Å². The Morgan fingerprint density at radius 2 is 1.93 bits per heavy atom. The normalized spacial score (nSPS) is 12.1. The summed E-state index contributed by atoms with van der Waals surface area (Å²) in [5.41, 5.74) is 5.26. The highest BCUT2D eigenvalue weighted by atomic mass is 79.9. The molecule has 0 heterocycles. The standard InChI is InChI=1S/C8H18FN2O2.2BrH/c1-7(10)8(12)13-5-4-11(2,3)6-9;;/h7H,4-6,10H2,1-3H3;2*1H/q+1;;. The van der Waals surface area contributed by atoms with E-state index < -0.39 is 18.8 Å². The number of ether oxygens (including phenoxy) is 1. The van der Waals surface area contributed by atoms with E-state index in [4.69, 9.17) is 10.5 Å². The lowest BCUT2D eigenvalue weighted by molar-refractivity contribution is -0.902. The fourth-order valence-electron chi connectivity index (χ4n) is 0.585. The van der Waals surface area contributed by atoms with Crippen LogP contribution in [-0.4, -0.2) is 50.5 Å². The lowest BCUT2D eigenvalue weighted by atomic mass is 10.4. The molecule has 1 atom stereocenters. The van der Waals surface area contributed by atoms with Gasteiger partial charge in [0.1, 0.15) is 19.2 Å². The molecule has 0 aromatic heterocycles. The third-order valence-corrected chi connectivity index (χ3v) is 1.64. The van der Waals surface area contributed by atoms with Crippen molar-refractivity contribution in [1.82, 2.24) is 0 Å². The van der Waals surface area contributed by atoms with Crippen LogP contribution >= 0.6 is 34.0 Å². The highest BCUT2D eigenvalue weighted by Crippen LogP contribution is 1.96. The molecule has 7 heteroatoms. The smallest absolute Gasteiger partial charge is 0.322 e. The Bertz CT molecular complexity index is 180. The minimum atomic E-state index is -0.610. The number of hydrogen-bond acceptors (Lipinski definition) is 3. The Morgan fingerprint density at radius 1 is 1.47 bits per heavy atom. The minimum absolute atomic E-state index is 0. The molecule has 0 aliphatic carbocycles. The Hall–Kier alpha value is 0.280. The fraction of sp³-hybridized carbons (Fsp3) is 0.875. The summed E-state index contributed by atoms with van der Waals surface area (Å²) in [5, 5.41) is 0. The molecule has 0 bridgehead atoms. The van der Waals surface area contributed by atoms with Crippen molar-refractivity contribution in [3.63, 3.8) is 0 Å². The van der Waals surface area contributed by atoms with Crippen molar-refractivity contribution in [1.29, 1.82) is 0 Å². The van der Waals surface area contributed by atoms with Gasteiger partial charge in [0, 0.05) is 0 Å². The topological polar surface area (TPSA) is 52.3 Å². The monoisotopic (exact) mass is 353 g/mol. The first-order chi connectivity index (χ1) is 5.89. The highest BCUT2D eigenvalue weighted by molar-refractivity contribution is 8.93. The number of nitrogens with zero attached hydrogens (tertiary/aromatic N) is 1. The number of nitrogens with two attached hydrogens (primary N) is 1. The number of hydrogen-bond donors (Lipinski definition) is 1. The predicted octanol–water partition coefficient (Wildman–Crippen LogP) is 1.04. The first kappa shape index (κ1) is 20.7. The van der Waals surface area contributed by atoms with Gasteiger partial charge >= 0.3 is 5.97 Å². The molecule has 15 heavy (non-hydrogen) atoms. The summed E-state index contributed by atoms with van der Waals surface area (Å²) in [7, 11) is 3.44. The molecule has 1 unspecified atom stereocenters.